The van der Waals surface area contributed by atoms with Crippen LogP contribution in [0.3, 0.4) is 0 Å². The second-order valence-corrected chi connectivity index (χ2v) is 4.63. The average Bonchev–Trinajstić information content (AvgIpc) is 2.29. The van der Waals surface area contributed by atoms with Crippen LogP contribution in [0, 0.1) is 0 Å². The van der Waals surface area contributed by atoms with Crippen LogP contribution in [-0.2, 0) is 4.79 Å². The molecule has 1 aliphatic rings. The SMILES string of the molecule is O=C1CN(C(=O)Nc2cccc(Br)c2)CCN1. The molecular formula is C11H12BrN3O2. The highest BCUT2D eigenvalue weighted by atomic mass is 79.9. The fourth-order valence-corrected chi connectivity index (χ4v) is 1.98. The lowest BCUT2D eigenvalue weighted by Gasteiger charge is -2.26. The van der Waals surface area contributed by atoms with Gasteiger partial charge in [0.25, 0.3) is 0 Å². The zero-order valence-corrected chi connectivity index (χ0v) is 10.7. The maximum Gasteiger partial charge on any atom is 0.322 e. The van der Waals surface area contributed by atoms with Crippen LogP contribution in [0.15, 0.2) is 28.7 Å². The van der Waals surface area contributed by atoms with Gasteiger partial charge in [0.1, 0.15) is 6.54 Å². The van der Waals surface area contributed by atoms with Gasteiger partial charge in [0.15, 0.2) is 0 Å². The number of urea groups is 1. The molecule has 2 N–H and O–H groups in total. The number of amides is 3. The Morgan fingerprint density at radius 3 is 3.00 bits per heavy atom. The van der Waals surface area contributed by atoms with E-state index in [2.05, 4.69) is 26.6 Å². The standard InChI is InChI=1S/C11H12BrN3O2/c12-8-2-1-3-9(6-8)14-11(17)15-5-4-13-10(16)7-15/h1-3,6H,4-5,7H2,(H,13,16)(H,14,17). The molecule has 0 unspecified atom stereocenters. The maximum atomic E-state index is 11.8. The van der Waals surface area contributed by atoms with Crippen molar-refractivity contribution < 1.29 is 9.59 Å². The summed E-state index contributed by atoms with van der Waals surface area (Å²) in [6, 6.07) is 7.07. The molecule has 0 bridgehead atoms. The van der Waals surface area contributed by atoms with Crippen molar-refractivity contribution in [3.63, 3.8) is 0 Å². The van der Waals surface area contributed by atoms with Gasteiger partial charge in [-0.25, -0.2) is 4.79 Å². The molecule has 0 aromatic heterocycles. The van der Waals surface area contributed by atoms with Crippen molar-refractivity contribution in [2.24, 2.45) is 0 Å². The Hall–Kier alpha value is -1.56. The summed E-state index contributed by atoms with van der Waals surface area (Å²) in [5, 5.41) is 5.42. The van der Waals surface area contributed by atoms with Crippen molar-refractivity contribution in [2.75, 3.05) is 25.0 Å². The number of piperazine rings is 1. The molecule has 0 radical (unpaired) electrons. The van der Waals surface area contributed by atoms with Crippen LogP contribution < -0.4 is 10.6 Å². The minimum absolute atomic E-state index is 0.111. The van der Waals surface area contributed by atoms with Crippen molar-refractivity contribution in [2.45, 2.75) is 0 Å². The van der Waals surface area contributed by atoms with Crippen LogP contribution in [0.2, 0.25) is 0 Å². The molecular weight excluding hydrogens is 286 g/mol. The molecule has 1 heterocycles. The van der Waals surface area contributed by atoms with E-state index in [1.165, 1.54) is 4.90 Å². The second-order valence-electron chi connectivity index (χ2n) is 3.71. The number of nitrogens with zero attached hydrogens (tertiary/aromatic N) is 1. The number of carbonyl (C=O) groups is 2. The molecule has 2 rings (SSSR count). The summed E-state index contributed by atoms with van der Waals surface area (Å²) in [6.07, 6.45) is 0. The molecule has 0 spiro atoms. The Kier molecular flexibility index (Phi) is 3.63. The fourth-order valence-electron chi connectivity index (χ4n) is 1.58. The van der Waals surface area contributed by atoms with Crippen LogP contribution in [0.4, 0.5) is 10.5 Å². The highest BCUT2D eigenvalue weighted by Crippen LogP contribution is 2.16. The average molecular weight is 298 g/mol. The van der Waals surface area contributed by atoms with Gasteiger partial charge in [-0.3, -0.25) is 4.79 Å². The van der Waals surface area contributed by atoms with Crippen LogP contribution in [-0.4, -0.2) is 36.5 Å². The Labute approximate surface area is 107 Å². The van der Waals surface area contributed by atoms with Crippen molar-refractivity contribution in [3.05, 3.63) is 28.7 Å². The molecule has 1 aliphatic heterocycles. The Balaban J connectivity index is 1.99. The number of hydrogen-bond acceptors (Lipinski definition) is 2. The van der Waals surface area contributed by atoms with Gasteiger partial charge in [-0.1, -0.05) is 22.0 Å². The summed E-state index contributed by atoms with van der Waals surface area (Å²) in [4.78, 5) is 24.5. The number of benzene rings is 1. The van der Waals surface area contributed by atoms with Crippen LogP contribution >= 0.6 is 15.9 Å². The minimum Gasteiger partial charge on any atom is -0.353 e. The van der Waals surface area contributed by atoms with E-state index in [4.69, 9.17) is 0 Å². The van der Waals surface area contributed by atoms with Crippen molar-refractivity contribution in [3.8, 4) is 0 Å². The van der Waals surface area contributed by atoms with Gasteiger partial charge in [-0.05, 0) is 18.2 Å². The molecule has 1 aromatic rings. The summed E-state index contributed by atoms with van der Waals surface area (Å²) >= 11 is 3.33. The normalized spacial score (nSPS) is 15.4. The Bertz CT molecular complexity index is 450. The van der Waals surface area contributed by atoms with E-state index in [1.807, 2.05) is 18.2 Å². The topological polar surface area (TPSA) is 61.4 Å². The predicted octanol–water partition coefficient (Wildman–Crippen LogP) is 1.41. The molecule has 3 amide bonds. The lowest BCUT2D eigenvalue weighted by molar-refractivity contribution is -0.123. The monoisotopic (exact) mass is 297 g/mol. The third-order valence-electron chi connectivity index (χ3n) is 2.40. The molecule has 6 heteroatoms. The third kappa shape index (κ3) is 3.20. The number of nitrogens with one attached hydrogen (secondary N) is 2. The van der Waals surface area contributed by atoms with Gasteiger partial charge in [0, 0.05) is 23.2 Å². The zero-order chi connectivity index (χ0) is 12.3. The fraction of sp³-hybridized carbons (Fsp3) is 0.273. The molecule has 1 fully saturated rings. The van der Waals surface area contributed by atoms with Gasteiger partial charge >= 0.3 is 6.03 Å². The molecule has 17 heavy (non-hydrogen) atoms. The van der Waals surface area contributed by atoms with Crippen molar-refractivity contribution in [1.82, 2.24) is 10.2 Å². The summed E-state index contributed by atoms with van der Waals surface area (Å²) in [7, 11) is 0. The first-order valence-electron chi connectivity index (χ1n) is 5.23. The van der Waals surface area contributed by atoms with Crippen LogP contribution in [0.1, 0.15) is 0 Å². The molecule has 0 atom stereocenters. The van der Waals surface area contributed by atoms with Gasteiger partial charge in [0.05, 0.1) is 0 Å². The van der Waals surface area contributed by atoms with E-state index >= 15 is 0 Å². The Morgan fingerprint density at radius 2 is 2.29 bits per heavy atom. The third-order valence-corrected chi connectivity index (χ3v) is 2.89. The van der Waals surface area contributed by atoms with Crippen molar-refractivity contribution in [1.29, 1.82) is 0 Å². The highest BCUT2D eigenvalue weighted by molar-refractivity contribution is 9.10. The van der Waals surface area contributed by atoms with E-state index in [1.54, 1.807) is 6.07 Å². The van der Waals surface area contributed by atoms with E-state index in [0.29, 0.717) is 18.8 Å². The van der Waals surface area contributed by atoms with Gasteiger partial charge in [-0.2, -0.15) is 0 Å². The second kappa shape index (κ2) is 5.18. The predicted molar refractivity (Wildman–Crippen MR) is 67.7 cm³/mol. The van der Waals surface area contributed by atoms with E-state index in [-0.39, 0.29) is 18.5 Å². The molecule has 1 saturated heterocycles. The van der Waals surface area contributed by atoms with E-state index < -0.39 is 0 Å². The molecule has 0 saturated carbocycles. The lowest BCUT2D eigenvalue weighted by Crippen LogP contribution is -2.51. The molecule has 0 aliphatic carbocycles. The first-order valence-corrected chi connectivity index (χ1v) is 6.02. The minimum atomic E-state index is -0.252. The van der Waals surface area contributed by atoms with E-state index in [0.717, 1.165) is 4.47 Å². The van der Waals surface area contributed by atoms with Gasteiger partial charge < -0.3 is 15.5 Å². The summed E-state index contributed by atoms with van der Waals surface area (Å²) in [5.41, 5.74) is 0.704. The molecule has 1 aromatic carbocycles. The lowest BCUT2D eigenvalue weighted by atomic mass is 10.3. The molecule has 90 valence electrons. The highest BCUT2D eigenvalue weighted by Gasteiger charge is 2.20. The number of hydrogen-bond donors (Lipinski definition) is 2. The smallest absolute Gasteiger partial charge is 0.322 e. The van der Waals surface area contributed by atoms with Crippen LogP contribution in [0.5, 0.6) is 0 Å². The van der Waals surface area contributed by atoms with Crippen molar-refractivity contribution >= 4 is 33.6 Å². The zero-order valence-electron chi connectivity index (χ0n) is 9.07. The summed E-state index contributed by atoms with van der Waals surface area (Å²) < 4.78 is 0.895. The quantitative estimate of drug-likeness (QED) is 0.823. The number of rotatable bonds is 1. The molecule has 5 nitrogen and oxygen atoms in total. The summed E-state index contributed by atoms with van der Waals surface area (Å²) in [6.45, 7) is 1.15. The largest absolute Gasteiger partial charge is 0.353 e. The first kappa shape index (κ1) is 11.9. The number of carbonyl (C=O) groups excluding carboxylic acids is 2. The number of anilines is 1. The Morgan fingerprint density at radius 1 is 1.47 bits per heavy atom. The van der Waals surface area contributed by atoms with E-state index in [9.17, 15) is 9.59 Å². The summed E-state index contributed by atoms with van der Waals surface area (Å²) in [5.74, 6) is -0.124. The maximum absolute atomic E-state index is 11.8. The van der Waals surface area contributed by atoms with Gasteiger partial charge in [0.2, 0.25) is 5.91 Å². The number of halogens is 1. The van der Waals surface area contributed by atoms with Crippen LogP contribution in [0.25, 0.3) is 0 Å². The first-order chi connectivity index (χ1) is 8.15. The van der Waals surface area contributed by atoms with Gasteiger partial charge in [-0.15, -0.1) is 0 Å².